The van der Waals surface area contributed by atoms with Gasteiger partial charge in [0.25, 0.3) is 0 Å². The molecule has 3 aliphatic heterocycles. The third kappa shape index (κ3) is 5.19. The molecule has 1 spiro atoms. The lowest BCUT2D eigenvalue weighted by atomic mass is 9.70. The van der Waals surface area contributed by atoms with Crippen LogP contribution in [0.15, 0.2) is 25.3 Å². The number of rotatable bonds is 15. The van der Waals surface area contributed by atoms with Crippen molar-refractivity contribution in [1.82, 2.24) is 14.7 Å². The lowest BCUT2D eigenvalue weighted by Crippen LogP contribution is -2.55. The number of aliphatic hydroxyl groups excluding tert-OH is 1. The molecule has 3 saturated heterocycles. The highest BCUT2D eigenvalue weighted by molar-refractivity contribution is 8.02. The van der Waals surface area contributed by atoms with Crippen LogP contribution in [-0.4, -0.2) is 92.9 Å². The summed E-state index contributed by atoms with van der Waals surface area (Å²) >= 11 is 1.72. The molecule has 8 heteroatoms. The van der Waals surface area contributed by atoms with E-state index in [1.807, 2.05) is 16.7 Å². The zero-order valence-corrected chi connectivity index (χ0v) is 22.3. The molecule has 7 nitrogen and oxygen atoms in total. The standard InChI is InChI=1S/C27H43N3O4S/c1-5-9-17-29(16-8-4)26(34)23-27-13-12-20(35-27)21(24(32)28(14-6-2)15-7-3)22(27)25(33)30(23)18-10-11-19-31/h6,8,20-23,31H,2,4-5,7,9-19H2,1,3H3/t20-,21+,22-,23?,27?/m0/s1. The van der Waals surface area contributed by atoms with Crippen LogP contribution in [0.25, 0.3) is 0 Å². The Morgan fingerprint density at radius 1 is 1.09 bits per heavy atom. The Morgan fingerprint density at radius 3 is 2.37 bits per heavy atom. The highest BCUT2D eigenvalue weighted by atomic mass is 32.2. The molecule has 3 heterocycles. The van der Waals surface area contributed by atoms with Gasteiger partial charge in [-0.05, 0) is 38.5 Å². The van der Waals surface area contributed by atoms with Crippen LogP contribution in [-0.2, 0) is 14.4 Å². The van der Waals surface area contributed by atoms with E-state index in [1.165, 1.54) is 0 Å². The SMILES string of the molecule is C=CCN(CCCC)C(=O)C1N(CCCCO)C(=O)[C@@H]2[C@H](C(=O)N(CC=C)CCC)[C@@H]3CCC12S3. The quantitative estimate of drug-likeness (QED) is 0.273. The highest BCUT2D eigenvalue weighted by Crippen LogP contribution is 2.66. The number of likely N-dealkylation sites (tertiary alicyclic amines) is 1. The topological polar surface area (TPSA) is 81.2 Å². The number of amides is 3. The number of unbranched alkanes of at least 4 members (excludes halogenated alkanes) is 2. The number of hydrogen-bond donors (Lipinski definition) is 1. The molecule has 3 amide bonds. The van der Waals surface area contributed by atoms with Crippen LogP contribution in [0.1, 0.15) is 58.8 Å². The Hall–Kier alpha value is -1.80. The molecule has 3 fully saturated rings. The molecule has 0 aromatic rings. The normalized spacial score (nSPS) is 28.8. The number of nitrogens with zero attached hydrogens (tertiary/aromatic N) is 3. The number of hydrogen-bond acceptors (Lipinski definition) is 5. The molecule has 3 aliphatic rings. The monoisotopic (exact) mass is 505 g/mol. The third-order valence-electron chi connectivity index (χ3n) is 7.72. The van der Waals surface area contributed by atoms with Crippen LogP contribution >= 0.6 is 11.8 Å². The van der Waals surface area contributed by atoms with Crippen LogP contribution in [0.3, 0.4) is 0 Å². The molecule has 196 valence electrons. The van der Waals surface area contributed by atoms with Crippen molar-refractivity contribution in [2.24, 2.45) is 11.8 Å². The summed E-state index contributed by atoms with van der Waals surface area (Å²) in [6.45, 7) is 14.5. The third-order valence-corrected chi connectivity index (χ3v) is 9.68. The fourth-order valence-corrected chi connectivity index (χ4v) is 8.45. The predicted molar refractivity (Wildman–Crippen MR) is 141 cm³/mol. The van der Waals surface area contributed by atoms with E-state index in [2.05, 4.69) is 20.1 Å². The summed E-state index contributed by atoms with van der Waals surface area (Å²) in [4.78, 5) is 47.3. The van der Waals surface area contributed by atoms with Crippen molar-refractivity contribution >= 4 is 29.5 Å². The molecular weight excluding hydrogens is 462 g/mol. The minimum absolute atomic E-state index is 0.0176. The molecule has 0 aromatic heterocycles. The molecule has 0 aliphatic carbocycles. The Bertz CT molecular complexity index is 805. The van der Waals surface area contributed by atoms with E-state index in [0.29, 0.717) is 45.6 Å². The van der Waals surface area contributed by atoms with Gasteiger partial charge in [-0.2, -0.15) is 0 Å². The Kier molecular flexibility index (Phi) is 9.87. The average molecular weight is 506 g/mol. The highest BCUT2D eigenvalue weighted by Gasteiger charge is 2.73. The van der Waals surface area contributed by atoms with E-state index in [-0.39, 0.29) is 29.6 Å². The number of carbonyl (C=O) groups excluding carboxylic acids is 3. The van der Waals surface area contributed by atoms with E-state index in [9.17, 15) is 19.5 Å². The first kappa shape index (κ1) is 27.8. The van der Waals surface area contributed by atoms with Crippen LogP contribution in [0.5, 0.6) is 0 Å². The second-order valence-electron chi connectivity index (χ2n) is 10.0. The minimum atomic E-state index is -0.567. The summed E-state index contributed by atoms with van der Waals surface area (Å²) in [7, 11) is 0. The van der Waals surface area contributed by atoms with Crippen molar-refractivity contribution in [2.75, 3.05) is 39.3 Å². The molecule has 35 heavy (non-hydrogen) atoms. The second-order valence-corrected chi connectivity index (χ2v) is 11.6. The summed E-state index contributed by atoms with van der Waals surface area (Å²) in [5, 5.41) is 9.39. The summed E-state index contributed by atoms with van der Waals surface area (Å²) in [6, 6.07) is -0.567. The molecule has 2 unspecified atom stereocenters. The van der Waals surface area contributed by atoms with Gasteiger partial charge in [0.2, 0.25) is 17.7 Å². The van der Waals surface area contributed by atoms with Crippen LogP contribution < -0.4 is 0 Å². The fraction of sp³-hybridized carbons (Fsp3) is 0.741. The van der Waals surface area contributed by atoms with E-state index in [4.69, 9.17) is 0 Å². The first-order chi connectivity index (χ1) is 16.9. The molecule has 5 atom stereocenters. The Labute approximate surface area is 215 Å². The van der Waals surface area contributed by atoms with Gasteiger partial charge in [-0.1, -0.05) is 32.4 Å². The fourth-order valence-electron chi connectivity index (χ4n) is 6.25. The number of fused-ring (bicyclic) bond motifs is 1. The maximum atomic E-state index is 14.1. The largest absolute Gasteiger partial charge is 0.396 e. The van der Waals surface area contributed by atoms with E-state index >= 15 is 0 Å². The van der Waals surface area contributed by atoms with Crippen molar-refractivity contribution < 1.29 is 19.5 Å². The van der Waals surface area contributed by atoms with Crippen molar-refractivity contribution in [3.05, 3.63) is 25.3 Å². The smallest absolute Gasteiger partial charge is 0.247 e. The van der Waals surface area contributed by atoms with E-state index < -0.39 is 22.6 Å². The maximum absolute atomic E-state index is 14.1. The summed E-state index contributed by atoms with van der Waals surface area (Å²) in [6.07, 6.45) is 9.05. The van der Waals surface area contributed by atoms with Gasteiger partial charge in [0.1, 0.15) is 6.04 Å². The first-order valence-electron chi connectivity index (χ1n) is 13.3. The second kappa shape index (κ2) is 12.4. The first-order valence-corrected chi connectivity index (χ1v) is 14.2. The van der Waals surface area contributed by atoms with Gasteiger partial charge in [0.05, 0.1) is 16.6 Å². The zero-order valence-electron chi connectivity index (χ0n) is 21.5. The van der Waals surface area contributed by atoms with Gasteiger partial charge in [-0.25, -0.2) is 0 Å². The van der Waals surface area contributed by atoms with Crippen molar-refractivity contribution in [1.29, 1.82) is 0 Å². The lowest BCUT2D eigenvalue weighted by molar-refractivity contribution is -0.144. The summed E-state index contributed by atoms with van der Waals surface area (Å²) in [5.41, 5.74) is 0. The van der Waals surface area contributed by atoms with E-state index in [0.717, 1.165) is 32.1 Å². The summed E-state index contributed by atoms with van der Waals surface area (Å²) in [5.74, 6) is -0.909. The number of thioether (sulfide) groups is 1. The molecule has 0 aromatic carbocycles. The van der Waals surface area contributed by atoms with Gasteiger partial charge < -0.3 is 19.8 Å². The maximum Gasteiger partial charge on any atom is 0.247 e. The number of aliphatic hydroxyl groups is 1. The predicted octanol–water partition coefficient (Wildman–Crippen LogP) is 3.09. The molecule has 0 saturated carbocycles. The molecular formula is C27H43N3O4S. The molecule has 3 rings (SSSR count). The van der Waals surface area contributed by atoms with Crippen LogP contribution in [0.2, 0.25) is 0 Å². The lowest BCUT2D eigenvalue weighted by Gasteiger charge is -2.37. The number of carbonyl (C=O) groups is 3. The van der Waals surface area contributed by atoms with Gasteiger partial charge >= 0.3 is 0 Å². The van der Waals surface area contributed by atoms with Gasteiger partial charge in [0.15, 0.2) is 0 Å². The molecule has 1 N–H and O–H groups in total. The summed E-state index contributed by atoms with van der Waals surface area (Å²) < 4.78 is -0.559. The minimum Gasteiger partial charge on any atom is -0.396 e. The van der Waals surface area contributed by atoms with Crippen molar-refractivity contribution in [3.8, 4) is 0 Å². The van der Waals surface area contributed by atoms with Gasteiger partial charge in [0, 0.05) is 44.6 Å². The zero-order chi connectivity index (χ0) is 25.6. The van der Waals surface area contributed by atoms with Crippen molar-refractivity contribution in [2.45, 2.75) is 74.8 Å². The Balaban J connectivity index is 1.98. The van der Waals surface area contributed by atoms with Gasteiger partial charge in [-0.3, -0.25) is 14.4 Å². The molecule has 0 radical (unpaired) electrons. The van der Waals surface area contributed by atoms with Gasteiger partial charge in [-0.15, -0.1) is 24.9 Å². The van der Waals surface area contributed by atoms with Crippen LogP contribution in [0, 0.1) is 11.8 Å². The average Bonchev–Trinajstić information content (AvgIpc) is 3.48. The van der Waals surface area contributed by atoms with Crippen LogP contribution in [0.4, 0.5) is 0 Å². The Morgan fingerprint density at radius 2 is 1.77 bits per heavy atom. The van der Waals surface area contributed by atoms with Crippen molar-refractivity contribution in [3.63, 3.8) is 0 Å². The van der Waals surface area contributed by atoms with E-state index in [1.54, 1.807) is 28.8 Å². The molecule has 2 bridgehead atoms.